The maximum atomic E-state index is 11.7. The molecule has 0 atom stereocenters. The van der Waals surface area contributed by atoms with Crippen molar-refractivity contribution in [1.82, 2.24) is 5.32 Å². The molecule has 0 radical (unpaired) electrons. The lowest BCUT2D eigenvalue weighted by Crippen LogP contribution is -2.23. The minimum Gasteiger partial charge on any atom is -0.481 e. The van der Waals surface area contributed by atoms with Crippen LogP contribution in [0.4, 0.5) is 0 Å². The lowest BCUT2D eigenvalue weighted by atomic mass is 10.1. The Bertz CT molecular complexity index is 318. The van der Waals surface area contributed by atoms with Crippen molar-refractivity contribution in [2.45, 2.75) is 116 Å². The second-order valence-electron chi connectivity index (χ2n) is 7.19. The highest BCUT2D eigenvalue weighted by atomic mass is 16.4. The molecular weight excluding hydrogens is 314 g/mol. The monoisotopic (exact) mass is 355 g/mol. The molecule has 0 bridgehead atoms. The Morgan fingerprint density at radius 3 is 1.60 bits per heavy atom. The van der Waals surface area contributed by atoms with Gasteiger partial charge in [0.25, 0.3) is 0 Å². The van der Waals surface area contributed by atoms with E-state index >= 15 is 0 Å². The quantitative estimate of drug-likeness (QED) is 0.286. The zero-order chi connectivity index (χ0) is 18.6. The third-order valence-electron chi connectivity index (χ3n) is 4.65. The SMILES string of the molecule is CCCCCCCC(=O)NCCCCCCCCCCCCC(=O)O. The Kier molecular flexibility index (Phi) is 18.5. The van der Waals surface area contributed by atoms with Crippen LogP contribution in [0, 0.1) is 0 Å². The Balaban J connectivity index is 3.13. The van der Waals surface area contributed by atoms with E-state index in [4.69, 9.17) is 5.11 Å². The predicted molar refractivity (Wildman–Crippen MR) is 105 cm³/mol. The molecule has 0 aliphatic carbocycles. The molecule has 0 aromatic heterocycles. The molecule has 148 valence electrons. The average molecular weight is 356 g/mol. The van der Waals surface area contributed by atoms with Gasteiger partial charge < -0.3 is 10.4 Å². The van der Waals surface area contributed by atoms with E-state index < -0.39 is 5.97 Å². The number of unbranched alkanes of at least 4 members (excludes halogenated alkanes) is 13. The van der Waals surface area contributed by atoms with Crippen LogP contribution >= 0.6 is 0 Å². The summed E-state index contributed by atoms with van der Waals surface area (Å²) in [5.74, 6) is -0.456. The van der Waals surface area contributed by atoms with E-state index in [2.05, 4.69) is 12.2 Å². The number of aliphatic carboxylic acids is 1. The van der Waals surface area contributed by atoms with Crippen LogP contribution in [0.15, 0.2) is 0 Å². The van der Waals surface area contributed by atoms with Crippen molar-refractivity contribution in [2.75, 3.05) is 6.54 Å². The van der Waals surface area contributed by atoms with E-state index in [1.165, 1.54) is 64.2 Å². The number of carboxylic acid groups (broad SMARTS) is 1. The van der Waals surface area contributed by atoms with E-state index in [0.29, 0.717) is 12.8 Å². The fraction of sp³-hybridized carbons (Fsp3) is 0.905. The van der Waals surface area contributed by atoms with Crippen LogP contribution in [0.3, 0.4) is 0 Å². The summed E-state index contributed by atoms with van der Waals surface area (Å²) in [7, 11) is 0. The van der Waals surface area contributed by atoms with Gasteiger partial charge in [-0.05, 0) is 19.3 Å². The zero-order valence-corrected chi connectivity index (χ0v) is 16.5. The van der Waals surface area contributed by atoms with Crippen LogP contribution in [-0.4, -0.2) is 23.5 Å². The number of hydrogen-bond donors (Lipinski definition) is 2. The Hall–Kier alpha value is -1.06. The average Bonchev–Trinajstić information content (AvgIpc) is 2.58. The first-order valence-electron chi connectivity index (χ1n) is 10.6. The molecule has 1 amide bonds. The van der Waals surface area contributed by atoms with Crippen LogP contribution in [0.2, 0.25) is 0 Å². The van der Waals surface area contributed by atoms with Gasteiger partial charge in [0.2, 0.25) is 5.91 Å². The van der Waals surface area contributed by atoms with Crippen LogP contribution in [-0.2, 0) is 9.59 Å². The van der Waals surface area contributed by atoms with Crippen LogP contribution in [0.5, 0.6) is 0 Å². The van der Waals surface area contributed by atoms with Gasteiger partial charge in [0.05, 0.1) is 0 Å². The molecule has 0 aliphatic heterocycles. The molecule has 0 heterocycles. The summed E-state index contributed by atoms with van der Waals surface area (Å²) in [6.45, 7) is 3.04. The summed E-state index contributed by atoms with van der Waals surface area (Å²) in [5, 5.41) is 11.6. The minimum absolute atomic E-state index is 0.222. The summed E-state index contributed by atoms with van der Waals surface area (Å²) < 4.78 is 0. The Morgan fingerprint density at radius 2 is 1.08 bits per heavy atom. The smallest absolute Gasteiger partial charge is 0.303 e. The van der Waals surface area contributed by atoms with Crippen LogP contribution in [0.25, 0.3) is 0 Å². The lowest BCUT2D eigenvalue weighted by Gasteiger charge is -2.05. The molecule has 0 aromatic rings. The molecule has 0 unspecified atom stereocenters. The molecule has 0 spiro atoms. The number of carboxylic acids is 1. The summed E-state index contributed by atoms with van der Waals surface area (Å²) in [6.07, 6.45) is 18.6. The van der Waals surface area contributed by atoms with Gasteiger partial charge in [0.1, 0.15) is 0 Å². The number of amides is 1. The number of carbonyl (C=O) groups is 2. The van der Waals surface area contributed by atoms with E-state index in [9.17, 15) is 9.59 Å². The van der Waals surface area contributed by atoms with E-state index in [0.717, 1.165) is 38.6 Å². The highest BCUT2D eigenvalue weighted by molar-refractivity contribution is 5.75. The maximum absolute atomic E-state index is 11.7. The van der Waals surface area contributed by atoms with Crippen molar-refractivity contribution in [1.29, 1.82) is 0 Å². The molecule has 0 aromatic carbocycles. The molecule has 2 N–H and O–H groups in total. The van der Waals surface area contributed by atoms with Crippen molar-refractivity contribution in [3.63, 3.8) is 0 Å². The van der Waals surface area contributed by atoms with Gasteiger partial charge in [0, 0.05) is 19.4 Å². The number of carbonyl (C=O) groups excluding carboxylic acids is 1. The zero-order valence-electron chi connectivity index (χ0n) is 16.5. The fourth-order valence-electron chi connectivity index (χ4n) is 3.02. The molecular formula is C21H41NO3. The number of nitrogens with one attached hydrogen (secondary N) is 1. The third-order valence-corrected chi connectivity index (χ3v) is 4.65. The van der Waals surface area contributed by atoms with Crippen molar-refractivity contribution >= 4 is 11.9 Å². The minimum atomic E-state index is -0.678. The van der Waals surface area contributed by atoms with Crippen LogP contribution < -0.4 is 5.32 Å². The highest BCUT2D eigenvalue weighted by Crippen LogP contribution is 2.11. The summed E-state index contributed by atoms with van der Waals surface area (Å²) >= 11 is 0. The van der Waals surface area contributed by atoms with Gasteiger partial charge in [-0.2, -0.15) is 0 Å². The number of hydrogen-bond acceptors (Lipinski definition) is 2. The van der Waals surface area contributed by atoms with Crippen molar-refractivity contribution in [3.8, 4) is 0 Å². The predicted octanol–water partition coefficient (Wildman–Crippen LogP) is 5.84. The van der Waals surface area contributed by atoms with Crippen molar-refractivity contribution < 1.29 is 14.7 Å². The molecule has 25 heavy (non-hydrogen) atoms. The van der Waals surface area contributed by atoms with Crippen molar-refractivity contribution in [2.24, 2.45) is 0 Å². The van der Waals surface area contributed by atoms with Gasteiger partial charge in [-0.3, -0.25) is 9.59 Å². The molecule has 0 aliphatic rings. The van der Waals surface area contributed by atoms with Gasteiger partial charge in [-0.25, -0.2) is 0 Å². The third kappa shape index (κ3) is 20.9. The molecule has 0 saturated heterocycles. The Morgan fingerprint density at radius 1 is 0.640 bits per heavy atom. The normalized spacial score (nSPS) is 10.8. The maximum Gasteiger partial charge on any atom is 0.303 e. The fourth-order valence-corrected chi connectivity index (χ4v) is 3.02. The molecule has 4 nitrogen and oxygen atoms in total. The van der Waals surface area contributed by atoms with Gasteiger partial charge in [-0.1, -0.05) is 84.0 Å². The van der Waals surface area contributed by atoms with E-state index in [1.54, 1.807) is 0 Å². The second kappa shape index (κ2) is 19.3. The highest BCUT2D eigenvalue weighted by Gasteiger charge is 2.00. The first-order valence-corrected chi connectivity index (χ1v) is 10.6. The first-order chi connectivity index (χ1) is 12.2. The second-order valence-corrected chi connectivity index (χ2v) is 7.19. The topological polar surface area (TPSA) is 66.4 Å². The standard InChI is InChI=1S/C21H41NO3/c1-2-3-4-11-14-17-20(23)22-19-16-13-10-8-6-5-7-9-12-15-18-21(24)25/h2-19H2,1H3,(H,22,23)(H,24,25). The van der Waals surface area contributed by atoms with Crippen molar-refractivity contribution in [3.05, 3.63) is 0 Å². The molecule has 0 rings (SSSR count). The van der Waals surface area contributed by atoms with Gasteiger partial charge in [-0.15, -0.1) is 0 Å². The van der Waals surface area contributed by atoms with E-state index in [-0.39, 0.29) is 5.91 Å². The summed E-state index contributed by atoms with van der Waals surface area (Å²) in [6, 6.07) is 0. The largest absolute Gasteiger partial charge is 0.481 e. The van der Waals surface area contributed by atoms with Gasteiger partial charge >= 0.3 is 5.97 Å². The van der Waals surface area contributed by atoms with E-state index in [1.807, 2.05) is 0 Å². The molecule has 0 fully saturated rings. The lowest BCUT2D eigenvalue weighted by molar-refractivity contribution is -0.137. The molecule has 4 heteroatoms. The summed E-state index contributed by atoms with van der Waals surface area (Å²) in [4.78, 5) is 22.0. The summed E-state index contributed by atoms with van der Waals surface area (Å²) in [5.41, 5.74) is 0. The van der Waals surface area contributed by atoms with Gasteiger partial charge in [0.15, 0.2) is 0 Å². The first kappa shape index (κ1) is 23.9. The Labute approximate surface area is 155 Å². The van der Waals surface area contributed by atoms with Crippen LogP contribution in [0.1, 0.15) is 116 Å². The molecule has 0 saturated carbocycles. The number of rotatable bonds is 19.